The molecule has 0 bridgehead atoms. The fourth-order valence-electron chi connectivity index (χ4n) is 1.49. The van der Waals surface area contributed by atoms with Crippen LogP contribution in [0.4, 0.5) is 0 Å². The molecule has 12 heavy (non-hydrogen) atoms. The van der Waals surface area contributed by atoms with Gasteiger partial charge in [-0.25, -0.2) is 0 Å². The molecule has 0 nitrogen and oxygen atoms in total. The Balaban J connectivity index is 2.64. The van der Waals surface area contributed by atoms with E-state index >= 15 is 0 Å². The normalized spacial score (nSPS) is 30.5. The van der Waals surface area contributed by atoms with Crippen molar-refractivity contribution in [1.29, 1.82) is 0 Å². The molecule has 0 aromatic rings. The number of hydrogen-bond acceptors (Lipinski definition) is 0. The van der Waals surface area contributed by atoms with Crippen LogP contribution in [-0.4, -0.2) is 0 Å². The van der Waals surface area contributed by atoms with Crippen molar-refractivity contribution in [2.45, 2.75) is 12.8 Å². The van der Waals surface area contributed by atoms with E-state index in [-0.39, 0.29) is 0 Å². The zero-order chi connectivity index (χ0) is 8.81. The van der Waals surface area contributed by atoms with Gasteiger partial charge in [0, 0.05) is 5.92 Å². The van der Waals surface area contributed by atoms with Crippen LogP contribution in [0.1, 0.15) is 12.8 Å². The third-order valence-electron chi connectivity index (χ3n) is 2.13. The van der Waals surface area contributed by atoms with Crippen LogP contribution in [0, 0.1) is 11.8 Å². The highest BCUT2D eigenvalue weighted by atomic mass is 127. The van der Waals surface area contributed by atoms with E-state index < -0.39 is 0 Å². The van der Waals surface area contributed by atoms with Gasteiger partial charge in [-0.3, -0.25) is 0 Å². The standard InChI is InChI=1S/C10H12I2/c11-7-5-9-3-1-2-4-10(9)6-8-12/h1,3,5-10H,2,4H2/b7-5+,8-6+/t9-,10-/m0/s1. The Labute approximate surface area is 101 Å². The molecule has 0 spiro atoms. The lowest BCUT2D eigenvalue weighted by molar-refractivity contribution is 0.497. The Morgan fingerprint density at radius 2 is 1.92 bits per heavy atom. The smallest absolute Gasteiger partial charge is 0.00173 e. The van der Waals surface area contributed by atoms with Gasteiger partial charge in [0.15, 0.2) is 0 Å². The van der Waals surface area contributed by atoms with E-state index in [4.69, 9.17) is 0 Å². The molecule has 0 saturated heterocycles. The van der Waals surface area contributed by atoms with Gasteiger partial charge in [-0.1, -0.05) is 69.5 Å². The molecule has 0 amide bonds. The summed E-state index contributed by atoms with van der Waals surface area (Å²) in [5.74, 6) is 1.35. The van der Waals surface area contributed by atoms with Gasteiger partial charge in [0.05, 0.1) is 0 Å². The topological polar surface area (TPSA) is 0 Å². The highest BCUT2D eigenvalue weighted by Gasteiger charge is 2.15. The van der Waals surface area contributed by atoms with E-state index in [2.05, 4.69) is 77.7 Å². The summed E-state index contributed by atoms with van der Waals surface area (Å²) in [4.78, 5) is 0. The van der Waals surface area contributed by atoms with Crippen molar-refractivity contribution in [3.8, 4) is 0 Å². The molecule has 1 aliphatic carbocycles. The summed E-state index contributed by atoms with van der Waals surface area (Å²) in [5.41, 5.74) is 0. The van der Waals surface area contributed by atoms with Crippen LogP contribution in [0.3, 0.4) is 0 Å². The minimum atomic E-state index is 0.627. The number of halogens is 2. The average Bonchev–Trinajstić information content (AvgIpc) is 2.09. The first-order valence-corrected chi connectivity index (χ1v) is 6.58. The van der Waals surface area contributed by atoms with Crippen molar-refractivity contribution < 1.29 is 0 Å². The molecule has 1 rings (SSSR count). The third-order valence-corrected chi connectivity index (χ3v) is 2.96. The Kier molecular flexibility index (Phi) is 5.54. The minimum Gasteiger partial charge on any atom is -0.0879 e. The lowest BCUT2D eigenvalue weighted by Crippen LogP contribution is -2.10. The first kappa shape index (κ1) is 10.8. The lowest BCUT2D eigenvalue weighted by atomic mass is 9.84. The summed E-state index contributed by atoms with van der Waals surface area (Å²) < 4.78 is 4.25. The van der Waals surface area contributed by atoms with Gasteiger partial charge in [0.1, 0.15) is 0 Å². The maximum absolute atomic E-state index is 2.32. The molecule has 66 valence electrons. The van der Waals surface area contributed by atoms with Crippen LogP contribution < -0.4 is 0 Å². The molecular formula is C10H12I2. The van der Waals surface area contributed by atoms with Gasteiger partial charge >= 0.3 is 0 Å². The minimum absolute atomic E-state index is 0.627. The molecule has 2 atom stereocenters. The van der Waals surface area contributed by atoms with Crippen molar-refractivity contribution >= 4 is 45.2 Å². The molecule has 2 heteroatoms. The molecule has 0 unspecified atom stereocenters. The molecule has 0 heterocycles. The molecule has 0 aliphatic heterocycles. The first-order chi connectivity index (χ1) is 5.88. The van der Waals surface area contributed by atoms with Crippen LogP contribution in [0.2, 0.25) is 0 Å². The molecule has 0 aromatic heterocycles. The lowest BCUT2D eigenvalue weighted by Gasteiger charge is -2.21. The molecular weight excluding hydrogens is 374 g/mol. The zero-order valence-corrected chi connectivity index (χ0v) is 11.1. The SMILES string of the molecule is I/C=C/[C@@H]1CCC=C[C@H]1/C=C/I. The zero-order valence-electron chi connectivity index (χ0n) is 6.79. The second kappa shape index (κ2) is 6.18. The van der Waals surface area contributed by atoms with E-state index in [0.717, 1.165) is 5.92 Å². The Morgan fingerprint density at radius 1 is 1.17 bits per heavy atom. The van der Waals surface area contributed by atoms with Crippen molar-refractivity contribution in [3.05, 3.63) is 32.5 Å². The number of hydrogen-bond donors (Lipinski definition) is 0. The van der Waals surface area contributed by atoms with Crippen molar-refractivity contribution in [1.82, 2.24) is 0 Å². The number of rotatable bonds is 2. The second-order valence-corrected chi connectivity index (χ2v) is 4.32. The highest BCUT2D eigenvalue weighted by Crippen LogP contribution is 2.27. The predicted octanol–water partition coefficient (Wildman–Crippen LogP) is 4.47. The van der Waals surface area contributed by atoms with Crippen molar-refractivity contribution in [2.75, 3.05) is 0 Å². The second-order valence-electron chi connectivity index (χ2n) is 2.88. The number of allylic oxidation sites excluding steroid dienone is 4. The van der Waals surface area contributed by atoms with Gasteiger partial charge in [-0.15, -0.1) is 0 Å². The van der Waals surface area contributed by atoms with Crippen LogP contribution in [-0.2, 0) is 0 Å². The van der Waals surface area contributed by atoms with E-state index in [1.165, 1.54) is 12.8 Å². The molecule has 0 N–H and O–H groups in total. The van der Waals surface area contributed by atoms with E-state index in [9.17, 15) is 0 Å². The van der Waals surface area contributed by atoms with Gasteiger partial charge < -0.3 is 0 Å². The monoisotopic (exact) mass is 386 g/mol. The maximum atomic E-state index is 2.32. The van der Waals surface area contributed by atoms with Crippen LogP contribution >= 0.6 is 45.2 Å². The summed E-state index contributed by atoms with van der Waals surface area (Å²) in [6, 6.07) is 0. The fourth-order valence-corrected chi connectivity index (χ4v) is 2.50. The quantitative estimate of drug-likeness (QED) is 0.486. The maximum Gasteiger partial charge on any atom is 0.00173 e. The summed E-state index contributed by atoms with van der Waals surface area (Å²) in [6.07, 6.45) is 11.7. The summed E-state index contributed by atoms with van der Waals surface area (Å²) in [6.45, 7) is 0. The van der Waals surface area contributed by atoms with Gasteiger partial charge in [-0.2, -0.15) is 0 Å². The van der Waals surface area contributed by atoms with Crippen LogP contribution in [0.25, 0.3) is 0 Å². The van der Waals surface area contributed by atoms with Crippen molar-refractivity contribution in [2.24, 2.45) is 11.8 Å². The van der Waals surface area contributed by atoms with E-state index in [1.54, 1.807) is 0 Å². The highest BCUT2D eigenvalue weighted by molar-refractivity contribution is 14.1. The van der Waals surface area contributed by atoms with Gasteiger partial charge in [-0.05, 0) is 26.9 Å². The Hall–Kier alpha value is 0.680. The summed E-state index contributed by atoms with van der Waals surface area (Å²) in [5, 5.41) is 0. The first-order valence-electron chi connectivity index (χ1n) is 4.09. The molecule has 0 saturated carbocycles. The van der Waals surface area contributed by atoms with Crippen LogP contribution in [0.15, 0.2) is 32.5 Å². The Bertz CT molecular complexity index is 204. The molecule has 1 aliphatic rings. The van der Waals surface area contributed by atoms with Gasteiger partial charge in [0.2, 0.25) is 0 Å². The summed E-state index contributed by atoms with van der Waals surface area (Å²) >= 11 is 4.59. The third kappa shape index (κ3) is 3.20. The molecule has 0 radical (unpaired) electrons. The van der Waals surface area contributed by atoms with Gasteiger partial charge in [0.25, 0.3) is 0 Å². The summed E-state index contributed by atoms with van der Waals surface area (Å²) in [7, 11) is 0. The van der Waals surface area contributed by atoms with Crippen molar-refractivity contribution in [3.63, 3.8) is 0 Å². The molecule has 0 fully saturated rings. The predicted molar refractivity (Wildman–Crippen MR) is 71.7 cm³/mol. The van der Waals surface area contributed by atoms with E-state index in [1.807, 2.05) is 0 Å². The fraction of sp³-hybridized carbons (Fsp3) is 0.400. The van der Waals surface area contributed by atoms with Crippen LogP contribution in [0.5, 0.6) is 0 Å². The Morgan fingerprint density at radius 3 is 2.58 bits per heavy atom. The largest absolute Gasteiger partial charge is 0.0879 e. The van der Waals surface area contributed by atoms with E-state index in [0.29, 0.717) is 5.92 Å². The average molecular weight is 386 g/mol. The molecule has 0 aromatic carbocycles.